The molecule has 0 radical (unpaired) electrons. The van der Waals surface area contributed by atoms with E-state index in [-0.39, 0.29) is 10.7 Å². The van der Waals surface area contributed by atoms with Crippen LogP contribution in [0.4, 0.5) is 5.82 Å². The molecule has 134 valence electrons. The largest absolute Gasteiger partial charge is 0.494 e. The van der Waals surface area contributed by atoms with E-state index in [4.69, 9.17) is 9.47 Å². The van der Waals surface area contributed by atoms with Crippen molar-refractivity contribution in [3.05, 3.63) is 72.9 Å². The first-order chi connectivity index (χ1) is 12.6. The molecule has 0 aliphatic rings. The number of hydrogen-bond acceptors (Lipinski definition) is 5. The van der Waals surface area contributed by atoms with Crippen LogP contribution in [0, 0.1) is 0 Å². The molecule has 0 bridgehead atoms. The predicted molar refractivity (Wildman–Crippen MR) is 99.2 cm³/mol. The van der Waals surface area contributed by atoms with E-state index in [1.165, 1.54) is 18.3 Å². The first-order valence-corrected chi connectivity index (χ1v) is 9.50. The number of aromatic nitrogens is 1. The summed E-state index contributed by atoms with van der Waals surface area (Å²) in [6.45, 7) is 2.38. The Labute approximate surface area is 152 Å². The van der Waals surface area contributed by atoms with Crippen molar-refractivity contribution in [3.8, 4) is 17.2 Å². The Kier molecular flexibility index (Phi) is 5.38. The van der Waals surface area contributed by atoms with E-state index in [9.17, 15) is 8.42 Å². The molecule has 1 aromatic heterocycles. The number of sulfonamides is 1. The van der Waals surface area contributed by atoms with Crippen LogP contribution in [0.15, 0.2) is 77.8 Å². The zero-order chi connectivity index (χ0) is 18.4. The third kappa shape index (κ3) is 4.52. The van der Waals surface area contributed by atoms with Gasteiger partial charge in [0.15, 0.2) is 0 Å². The Morgan fingerprint density at radius 1 is 0.885 bits per heavy atom. The van der Waals surface area contributed by atoms with Crippen LogP contribution in [0.25, 0.3) is 0 Å². The molecule has 3 aromatic rings. The second kappa shape index (κ2) is 7.88. The van der Waals surface area contributed by atoms with Crippen LogP contribution < -0.4 is 14.2 Å². The quantitative estimate of drug-likeness (QED) is 0.678. The average molecular weight is 370 g/mol. The highest BCUT2D eigenvalue weighted by atomic mass is 32.2. The summed E-state index contributed by atoms with van der Waals surface area (Å²) in [5, 5.41) is 0. The summed E-state index contributed by atoms with van der Waals surface area (Å²) in [5.74, 6) is 2.02. The van der Waals surface area contributed by atoms with Gasteiger partial charge in [0.1, 0.15) is 23.1 Å². The highest BCUT2D eigenvalue weighted by Gasteiger charge is 2.15. The van der Waals surface area contributed by atoms with E-state index in [1.54, 1.807) is 24.3 Å². The molecule has 0 atom stereocenters. The van der Waals surface area contributed by atoms with Crippen LogP contribution in [-0.4, -0.2) is 20.0 Å². The van der Waals surface area contributed by atoms with Crippen LogP contribution in [0.5, 0.6) is 17.2 Å². The van der Waals surface area contributed by atoms with Crippen molar-refractivity contribution in [2.24, 2.45) is 0 Å². The summed E-state index contributed by atoms with van der Waals surface area (Å²) in [6.07, 6.45) is 1.46. The van der Waals surface area contributed by atoms with E-state index in [1.807, 2.05) is 37.3 Å². The van der Waals surface area contributed by atoms with Crippen molar-refractivity contribution in [2.45, 2.75) is 11.8 Å². The van der Waals surface area contributed by atoms with Crippen molar-refractivity contribution < 1.29 is 17.9 Å². The van der Waals surface area contributed by atoms with Crippen molar-refractivity contribution in [2.75, 3.05) is 11.3 Å². The molecule has 6 nitrogen and oxygen atoms in total. The van der Waals surface area contributed by atoms with Crippen molar-refractivity contribution in [1.82, 2.24) is 4.98 Å². The van der Waals surface area contributed by atoms with Gasteiger partial charge in [-0.15, -0.1) is 0 Å². The molecule has 2 aromatic carbocycles. The molecule has 0 aliphatic carbocycles. The monoisotopic (exact) mass is 370 g/mol. The Hall–Kier alpha value is -3.06. The molecule has 0 spiro atoms. The second-order valence-electron chi connectivity index (χ2n) is 5.30. The molecule has 0 saturated heterocycles. The number of nitrogens with one attached hydrogen (secondary N) is 1. The fourth-order valence-corrected chi connectivity index (χ4v) is 3.21. The Morgan fingerprint density at radius 3 is 2.19 bits per heavy atom. The smallest absolute Gasteiger partial charge is 0.263 e. The Balaban J connectivity index is 1.69. The molecular weight excluding hydrogens is 352 g/mol. The summed E-state index contributed by atoms with van der Waals surface area (Å²) < 4.78 is 38.2. The summed E-state index contributed by atoms with van der Waals surface area (Å²) >= 11 is 0. The second-order valence-corrected chi connectivity index (χ2v) is 6.99. The molecule has 0 saturated carbocycles. The number of anilines is 1. The van der Waals surface area contributed by atoms with Gasteiger partial charge in [-0.3, -0.25) is 4.72 Å². The van der Waals surface area contributed by atoms with Crippen molar-refractivity contribution in [3.63, 3.8) is 0 Å². The van der Waals surface area contributed by atoms with Gasteiger partial charge in [-0.1, -0.05) is 18.2 Å². The van der Waals surface area contributed by atoms with Crippen LogP contribution in [0.2, 0.25) is 0 Å². The number of benzene rings is 2. The van der Waals surface area contributed by atoms with E-state index in [0.717, 1.165) is 0 Å². The predicted octanol–water partition coefficient (Wildman–Crippen LogP) is 4.07. The topological polar surface area (TPSA) is 77.5 Å². The molecule has 1 N–H and O–H groups in total. The van der Waals surface area contributed by atoms with Gasteiger partial charge in [-0.25, -0.2) is 13.4 Å². The lowest BCUT2D eigenvalue weighted by Crippen LogP contribution is -2.13. The molecule has 0 unspecified atom stereocenters. The van der Waals surface area contributed by atoms with Crippen molar-refractivity contribution >= 4 is 15.8 Å². The molecule has 1 heterocycles. The van der Waals surface area contributed by atoms with Gasteiger partial charge in [0.25, 0.3) is 10.0 Å². The van der Waals surface area contributed by atoms with Gasteiger partial charge in [-0.05, 0) is 55.5 Å². The van der Waals surface area contributed by atoms with Gasteiger partial charge < -0.3 is 9.47 Å². The molecule has 0 aliphatic heterocycles. The molecular formula is C19H18N2O4S. The van der Waals surface area contributed by atoms with Gasteiger partial charge in [0.05, 0.1) is 17.7 Å². The minimum Gasteiger partial charge on any atom is -0.494 e. The lowest BCUT2D eigenvalue weighted by Gasteiger charge is -2.09. The van der Waals surface area contributed by atoms with Crippen molar-refractivity contribution in [1.29, 1.82) is 0 Å². The first-order valence-electron chi connectivity index (χ1n) is 8.01. The normalized spacial score (nSPS) is 11.0. The van der Waals surface area contributed by atoms with Gasteiger partial charge >= 0.3 is 0 Å². The number of pyridine rings is 1. The van der Waals surface area contributed by atoms with Crippen LogP contribution in [0.1, 0.15) is 6.92 Å². The molecule has 26 heavy (non-hydrogen) atoms. The molecule has 3 rings (SSSR count). The van der Waals surface area contributed by atoms with Crippen LogP contribution in [-0.2, 0) is 10.0 Å². The summed E-state index contributed by atoms with van der Waals surface area (Å²) in [4.78, 5) is 4.22. The molecule has 0 fully saturated rings. The molecule has 7 heteroatoms. The highest BCUT2D eigenvalue weighted by Crippen LogP contribution is 2.22. The number of rotatable bonds is 7. The van der Waals surface area contributed by atoms with Gasteiger partial charge in [0, 0.05) is 0 Å². The zero-order valence-electron chi connectivity index (χ0n) is 14.1. The summed E-state index contributed by atoms with van der Waals surface area (Å²) in [5.41, 5.74) is 0. The highest BCUT2D eigenvalue weighted by molar-refractivity contribution is 7.92. The van der Waals surface area contributed by atoms with E-state index in [2.05, 4.69) is 9.71 Å². The lowest BCUT2D eigenvalue weighted by atomic mass is 10.3. The average Bonchev–Trinajstić information content (AvgIpc) is 2.65. The van der Waals surface area contributed by atoms with E-state index >= 15 is 0 Å². The Morgan fingerprint density at radius 2 is 1.58 bits per heavy atom. The first kappa shape index (κ1) is 17.8. The Bertz CT molecular complexity index is 941. The molecule has 0 amide bonds. The number of nitrogens with zero attached hydrogens (tertiary/aromatic N) is 1. The van der Waals surface area contributed by atoms with E-state index < -0.39 is 10.0 Å². The lowest BCUT2D eigenvalue weighted by molar-refractivity contribution is 0.340. The number of para-hydroxylation sites is 1. The van der Waals surface area contributed by atoms with Crippen LogP contribution in [0.3, 0.4) is 0 Å². The van der Waals surface area contributed by atoms with E-state index in [0.29, 0.717) is 23.9 Å². The summed E-state index contributed by atoms with van der Waals surface area (Å²) in [6, 6.07) is 18.7. The zero-order valence-corrected chi connectivity index (χ0v) is 14.9. The van der Waals surface area contributed by atoms with Gasteiger partial charge in [-0.2, -0.15) is 0 Å². The third-order valence-corrected chi connectivity index (χ3v) is 4.77. The maximum atomic E-state index is 12.4. The SMILES string of the molecule is CCOc1ccc(S(=O)(=O)Nc2ccc(Oc3ccccc3)cn2)cc1. The third-order valence-electron chi connectivity index (χ3n) is 3.40. The minimum atomic E-state index is -3.73. The maximum Gasteiger partial charge on any atom is 0.263 e. The number of ether oxygens (including phenoxy) is 2. The minimum absolute atomic E-state index is 0.132. The van der Waals surface area contributed by atoms with Gasteiger partial charge in [0.2, 0.25) is 0 Å². The summed E-state index contributed by atoms with van der Waals surface area (Å²) in [7, 11) is -3.73. The van der Waals surface area contributed by atoms with Crippen LogP contribution >= 0.6 is 0 Å². The number of hydrogen-bond donors (Lipinski definition) is 1. The fraction of sp³-hybridized carbons (Fsp3) is 0.105. The standard InChI is InChI=1S/C19H18N2O4S/c1-2-24-15-8-11-18(12-9-15)26(22,23)21-19-13-10-17(14-20-19)25-16-6-4-3-5-7-16/h3-14H,2H2,1H3,(H,20,21). The maximum absolute atomic E-state index is 12.4. The fourth-order valence-electron chi connectivity index (χ4n) is 2.20.